The number of halogens is 2. The van der Waals surface area contributed by atoms with Crippen LogP contribution in [0, 0.1) is 0 Å². The van der Waals surface area contributed by atoms with Crippen LogP contribution < -0.4 is 14.9 Å². The number of nitrogens with one attached hydrogen (secondary N) is 1. The second-order valence-corrected chi connectivity index (χ2v) is 5.32. The highest BCUT2D eigenvalue weighted by atomic mass is 35.5. The molecule has 0 amide bonds. The van der Waals surface area contributed by atoms with Gasteiger partial charge in [-0.3, -0.25) is 5.43 Å². The Morgan fingerprint density at radius 2 is 1.68 bits per heavy atom. The molecule has 2 aromatic carbocycles. The van der Waals surface area contributed by atoms with Crippen LogP contribution >= 0.6 is 23.2 Å². The maximum absolute atomic E-state index is 5.97. The summed E-state index contributed by atoms with van der Waals surface area (Å²) in [6.45, 7) is 1.89. The van der Waals surface area contributed by atoms with E-state index in [1.165, 1.54) is 0 Å². The molecule has 2 rings (SSSR count). The summed E-state index contributed by atoms with van der Waals surface area (Å²) >= 11 is 11.8. The highest BCUT2D eigenvalue weighted by Crippen LogP contribution is 2.28. The number of anilines is 1. The molecule has 6 heteroatoms. The van der Waals surface area contributed by atoms with E-state index in [0.717, 1.165) is 17.0 Å². The molecule has 0 heterocycles. The van der Waals surface area contributed by atoms with Gasteiger partial charge in [0.25, 0.3) is 0 Å². The first-order chi connectivity index (χ1) is 10.5. The van der Waals surface area contributed by atoms with Crippen molar-refractivity contribution in [3.63, 3.8) is 0 Å². The van der Waals surface area contributed by atoms with Gasteiger partial charge in [0, 0.05) is 5.56 Å². The molecule has 22 heavy (non-hydrogen) atoms. The molecular formula is C16H16Cl2N2O2. The van der Waals surface area contributed by atoms with E-state index < -0.39 is 0 Å². The molecule has 0 aliphatic heterocycles. The summed E-state index contributed by atoms with van der Waals surface area (Å²) < 4.78 is 10.5. The molecule has 0 fully saturated rings. The normalized spacial score (nSPS) is 11.2. The molecule has 0 saturated carbocycles. The molecule has 0 saturated heterocycles. The van der Waals surface area contributed by atoms with Gasteiger partial charge in [0.05, 0.1) is 35.7 Å². The zero-order chi connectivity index (χ0) is 16.1. The molecule has 0 bridgehead atoms. The van der Waals surface area contributed by atoms with Crippen LogP contribution in [0.3, 0.4) is 0 Å². The molecule has 0 atom stereocenters. The van der Waals surface area contributed by atoms with Gasteiger partial charge in [0.1, 0.15) is 0 Å². The average Bonchev–Trinajstić information content (AvgIpc) is 2.54. The Labute approximate surface area is 139 Å². The molecule has 116 valence electrons. The Morgan fingerprint density at radius 3 is 2.32 bits per heavy atom. The first kappa shape index (κ1) is 16.5. The summed E-state index contributed by atoms with van der Waals surface area (Å²) in [6.07, 6.45) is 0. The van der Waals surface area contributed by atoms with Crippen LogP contribution in [0.2, 0.25) is 10.0 Å². The summed E-state index contributed by atoms with van der Waals surface area (Å²) in [5.74, 6) is 1.33. The largest absolute Gasteiger partial charge is 0.493 e. The monoisotopic (exact) mass is 338 g/mol. The minimum absolute atomic E-state index is 0.477. The topological polar surface area (TPSA) is 42.8 Å². The van der Waals surface area contributed by atoms with E-state index in [0.29, 0.717) is 21.5 Å². The van der Waals surface area contributed by atoms with Crippen molar-refractivity contribution in [2.45, 2.75) is 6.92 Å². The first-order valence-corrected chi connectivity index (χ1v) is 7.28. The Bertz CT molecular complexity index is 703. The smallest absolute Gasteiger partial charge is 0.161 e. The van der Waals surface area contributed by atoms with Gasteiger partial charge in [-0.25, -0.2) is 0 Å². The lowest BCUT2D eigenvalue weighted by atomic mass is 10.1. The van der Waals surface area contributed by atoms with Crippen LogP contribution in [0.15, 0.2) is 41.5 Å². The maximum Gasteiger partial charge on any atom is 0.161 e. The average molecular weight is 339 g/mol. The van der Waals surface area contributed by atoms with Gasteiger partial charge in [-0.05, 0) is 43.3 Å². The van der Waals surface area contributed by atoms with Crippen molar-refractivity contribution in [1.82, 2.24) is 0 Å². The maximum atomic E-state index is 5.97. The lowest BCUT2D eigenvalue weighted by Crippen LogP contribution is -2.01. The fraction of sp³-hybridized carbons (Fsp3) is 0.188. The zero-order valence-electron chi connectivity index (χ0n) is 12.5. The van der Waals surface area contributed by atoms with Gasteiger partial charge in [-0.1, -0.05) is 23.2 Å². The van der Waals surface area contributed by atoms with Gasteiger partial charge in [-0.15, -0.1) is 0 Å². The van der Waals surface area contributed by atoms with Crippen molar-refractivity contribution in [2.24, 2.45) is 5.10 Å². The minimum Gasteiger partial charge on any atom is -0.493 e. The third kappa shape index (κ3) is 3.84. The number of hydrogen-bond acceptors (Lipinski definition) is 4. The molecule has 2 aromatic rings. The summed E-state index contributed by atoms with van der Waals surface area (Å²) in [4.78, 5) is 0. The van der Waals surface area contributed by atoms with E-state index in [9.17, 15) is 0 Å². The standard InChI is InChI=1S/C16H16Cl2N2O2/c1-10(11-4-7-15(21-2)16(8-11)22-3)19-20-12-5-6-13(17)14(18)9-12/h4-9,20H,1-3H3/b19-10-. The lowest BCUT2D eigenvalue weighted by molar-refractivity contribution is 0.355. The predicted octanol–water partition coefficient (Wildman–Crippen LogP) is 4.85. The number of hydrazone groups is 1. The highest BCUT2D eigenvalue weighted by Gasteiger charge is 2.06. The zero-order valence-corrected chi connectivity index (χ0v) is 14.0. The number of hydrogen-bond donors (Lipinski definition) is 1. The molecule has 0 aliphatic carbocycles. The minimum atomic E-state index is 0.477. The highest BCUT2D eigenvalue weighted by molar-refractivity contribution is 6.42. The number of nitrogens with zero attached hydrogens (tertiary/aromatic N) is 1. The molecule has 0 spiro atoms. The number of methoxy groups -OCH3 is 2. The molecule has 0 unspecified atom stereocenters. The Hall–Kier alpha value is -1.91. The summed E-state index contributed by atoms with van der Waals surface area (Å²) in [5.41, 5.74) is 5.43. The molecule has 1 N–H and O–H groups in total. The number of benzene rings is 2. The molecule has 4 nitrogen and oxygen atoms in total. The number of ether oxygens (including phenoxy) is 2. The predicted molar refractivity (Wildman–Crippen MR) is 91.8 cm³/mol. The van der Waals surface area contributed by atoms with Gasteiger partial charge in [0.15, 0.2) is 11.5 Å². The Balaban J connectivity index is 2.19. The molecule has 0 aliphatic rings. The van der Waals surface area contributed by atoms with Crippen LogP contribution in [-0.4, -0.2) is 19.9 Å². The van der Waals surface area contributed by atoms with E-state index >= 15 is 0 Å². The number of rotatable bonds is 5. The summed E-state index contributed by atoms with van der Waals surface area (Å²) in [6, 6.07) is 10.9. The second kappa shape index (κ2) is 7.38. The van der Waals surface area contributed by atoms with E-state index in [1.54, 1.807) is 32.4 Å². The molecular weight excluding hydrogens is 323 g/mol. The van der Waals surface area contributed by atoms with Gasteiger partial charge in [0.2, 0.25) is 0 Å². The van der Waals surface area contributed by atoms with Crippen LogP contribution in [0.4, 0.5) is 5.69 Å². The van der Waals surface area contributed by atoms with Crippen molar-refractivity contribution >= 4 is 34.6 Å². The van der Waals surface area contributed by atoms with E-state index in [2.05, 4.69) is 10.5 Å². The van der Waals surface area contributed by atoms with Gasteiger partial charge in [-0.2, -0.15) is 5.10 Å². The van der Waals surface area contributed by atoms with Crippen molar-refractivity contribution in [3.8, 4) is 11.5 Å². The third-order valence-electron chi connectivity index (χ3n) is 3.07. The van der Waals surface area contributed by atoms with Crippen molar-refractivity contribution < 1.29 is 9.47 Å². The van der Waals surface area contributed by atoms with Crippen molar-refractivity contribution in [3.05, 3.63) is 52.0 Å². The fourth-order valence-corrected chi connectivity index (χ4v) is 2.14. The van der Waals surface area contributed by atoms with E-state index in [4.69, 9.17) is 32.7 Å². The van der Waals surface area contributed by atoms with Crippen LogP contribution in [-0.2, 0) is 0 Å². The van der Waals surface area contributed by atoms with E-state index in [1.807, 2.05) is 25.1 Å². The quantitative estimate of drug-likeness (QED) is 0.626. The van der Waals surface area contributed by atoms with Gasteiger partial charge < -0.3 is 9.47 Å². The Kier molecular flexibility index (Phi) is 5.52. The summed E-state index contributed by atoms with van der Waals surface area (Å²) in [5, 5.41) is 5.32. The van der Waals surface area contributed by atoms with Crippen molar-refractivity contribution in [1.29, 1.82) is 0 Å². The van der Waals surface area contributed by atoms with Crippen LogP contribution in [0.5, 0.6) is 11.5 Å². The second-order valence-electron chi connectivity index (χ2n) is 4.51. The Morgan fingerprint density at radius 1 is 0.955 bits per heavy atom. The SMILES string of the molecule is COc1ccc(/C(C)=N\Nc2ccc(Cl)c(Cl)c2)cc1OC. The summed E-state index contributed by atoms with van der Waals surface area (Å²) in [7, 11) is 3.20. The fourth-order valence-electron chi connectivity index (χ4n) is 1.84. The molecule has 0 aromatic heterocycles. The van der Waals surface area contributed by atoms with Gasteiger partial charge >= 0.3 is 0 Å². The first-order valence-electron chi connectivity index (χ1n) is 6.53. The van der Waals surface area contributed by atoms with Crippen LogP contribution in [0.25, 0.3) is 0 Å². The van der Waals surface area contributed by atoms with Crippen molar-refractivity contribution in [2.75, 3.05) is 19.6 Å². The lowest BCUT2D eigenvalue weighted by Gasteiger charge is -2.10. The molecule has 0 radical (unpaired) electrons. The van der Waals surface area contributed by atoms with E-state index in [-0.39, 0.29) is 0 Å². The van der Waals surface area contributed by atoms with Crippen LogP contribution in [0.1, 0.15) is 12.5 Å². The third-order valence-corrected chi connectivity index (χ3v) is 3.81.